The first-order chi connectivity index (χ1) is 14.1. The highest BCUT2D eigenvalue weighted by atomic mass is 32.2. The highest BCUT2D eigenvalue weighted by molar-refractivity contribution is 8.01. The molecule has 2 aromatic carbocycles. The van der Waals surface area contributed by atoms with Crippen molar-refractivity contribution >= 4 is 39.9 Å². The summed E-state index contributed by atoms with van der Waals surface area (Å²) in [5, 5.41) is 11.3. The molecule has 3 rings (SSSR count). The summed E-state index contributed by atoms with van der Waals surface area (Å²) in [5.74, 6) is 0.104. The van der Waals surface area contributed by atoms with E-state index in [1.807, 2.05) is 56.3 Å². The van der Waals surface area contributed by atoms with Gasteiger partial charge in [0.05, 0.1) is 5.75 Å². The highest BCUT2D eigenvalue weighted by Crippen LogP contribution is 2.27. The van der Waals surface area contributed by atoms with Gasteiger partial charge >= 0.3 is 0 Å². The smallest absolute Gasteiger partial charge is 0.257 e. The average Bonchev–Trinajstić information content (AvgIpc) is 3.13. The molecule has 7 heteroatoms. The maximum absolute atomic E-state index is 12.5. The van der Waals surface area contributed by atoms with Crippen LogP contribution in [0.5, 0.6) is 0 Å². The summed E-state index contributed by atoms with van der Waals surface area (Å²) < 4.78 is 0.645. The minimum absolute atomic E-state index is 0.0366. The van der Waals surface area contributed by atoms with Gasteiger partial charge in [0, 0.05) is 11.1 Å². The molecule has 3 aromatic rings. The number of hydrogen-bond acceptors (Lipinski definition) is 6. The van der Waals surface area contributed by atoms with Gasteiger partial charge in [0.2, 0.25) is 5.13 Å². The van der Waals surface area contributed by atoms with E-state index in [1.54, 1.807) is 0 Å². The summed E-state index contributed by atoms with van der Waals surface area (Å²) in [6, 6.07) is 13.4. The van der Waals surface area contributed by atoms with Gasteiger partial charge in [0.1, 0.15) is 0 Å². The number of nitrogens with zero attached hydrogens (tertiary/aromatic N) is 2. The Kier molecular flexibility index (Phi) is 6.73. The number of anilines is 1. The number of carbonyl (C=O) groups is 2. The van der Waals surface area contributed by atoms with E-state index in [0.29, 0.717) is 15.0 Å². The van der Waals surface area contributed by atoms with Crippen LogP contribution in [-0.4, -0.2) is 27.6 Å². The van der Waals surface area contributed by atoms with E-state index in [4.69, 9.17) is 0 Å². The summed E-state index contributed by atoms with van der Waals surface area (Å²) in [5.41, 5.74) is 4.61. The maximum Gasteiger partial charge on any atom is 0.257 e. The lowest BCUT2D eigenvalue weighted by Crippen LogP contribution is -2.14. The van der Waals surface area contributed by atoms with Crippen LogP contribution in [0.4, 0.5) is 5.13 Å². The van der Waals surface area contributed by atoms with Gasteiger partial charge < -0.3 is 0 Å². The number of amides is 1. The Hall–Kier alpha value is -2.51. The molecule has 1 amide bonds. The third-order valence-electron chi connectivity index (χ3n) is 4.65. The standard InChI is InChI=1S/C23H25N3O2S2/c1-14-6-11-18(15(2)12-14)19(27)13-29-22-26-25-21(30-22)24-20(28)16-7-9-17(10-8-16)23(3,4)5/h6-12H,13H2,1-5H3,(H,24,25,28). The Morgan fingerprint density at radius 3 is 2.37 bits per heavy atom. The molecular formula is C23H25N3O2S2. The van der Waals surface area contributed by atoms with Crippen molar-refractivity contribution in [3.63, 3.8) is 0 Å². The number of aromatic nitrogens is 2. The summed E-state index contributed by atoms with van der Waals surface area (Å²) in [7, 11) is 0. The van der Waals surface area contributed by atoms with Gasteiger partial charge in [-0.2, -0.15) is 0 Å². The van der Waals surface area contributed by atoms with Crippen molar-refractivity contribution in [3.05, 3.63) is 70.3 Å². The number of nitrogens with one attached hydrogen (secondary N) is 1. The molecule has 0 aliphatic rings. The highest BCUT2D eigenvalue weighted by Gasteiger charge is 2.16. The minimum atomic E-state index is -0.227. The van der Waals surface area contributed by atoms with Gasteiger partial charge in [-0.05, 0) is 42.5 Å². The van der Waals surface area contributed by atoms with Crippen molar-refractivity contribution in [2.24, 2.45) is 0 Å². The molecule has 1 heterocycles. The lowest BCUT2D eigenvalue weighted by Gasteiger charge is -2.18. The molecule has 0 fully saturated rings. The normalized spacial score (nSPS) is 11.4. The van der Waals surface area contributed by atoms with Gasteiger partial charge in [-0.15, -0.1) is 10.2 Å². The quantitative estimate of drug-likeness (QED) is 0.304. The van der Waals surface area contributed by atoms with Crippen LogP contribution in [0.3, 0.4) is 0 Å². The number of hydrogen-bond donors (Lipinski definition) is 1. The number of rotatable bonds is 6. The summed E-state index contributed by atoms with van der Waals surface area (Å²) in [4.78, 5) is 25.0. The largest absolute Gasteiger partial charge is 0.296 e. The van der Waals surface area contributed by atoms with Crippen LogP contribution in [0, 0.1) is 13.8 Å². The first-order valence-electron chi connectivity index (χ1n) is 9.62. The van der Waals surface area contributed by atoms with Gasteiger partial charge in [0.15, 0.2) is 10.1 Å². The Morgan fingerprint density at radius 2 is 1.73 bits per heavy atom. The summed E-state index contributed by atoms with van der Waals surface area (Å²) >= 11 is 2.59. The molecule has 0 aliphatic carbocycles. The monoisotopic (exact) mass is 439 g/mol. The lowest BCUT2D eigenvalue weighted by molar-refractivity contribution is 0.101. The van der Waals surface area contributed by atoms with Crippen molar-refractivity contribution in [3.8, 4) is 0 Å². The van der Waals surface area contributed by atoms with Crippen molar-refractivity contribution in [2.75, 3.05) is 11.1 Å². The minimum Gasteiger partial charge on any atom is -0.296 e. The van der Waals surface area contributed by atoms with Crippen LogP contribution in [0.25, 0.3) is 0 Å². The molecule has 0 bridgehead atoms. The lowest BCUT2D eigenvalue weighted by atomic mass is 9.87. The summed E-state index contributed by atoms with van der Waals surface area (Å²) in [6.45, 7) is 10.3. The van der Waals surface area contributed by atoms with Crippen LogP contribution < -0.4 is 5.32 Å². The second kappa shape index (κ2) is 9.10. The number of benzene rings is 2. The fourth-order valence-corrected chi connectivity index (χ4v) is 4.57. The van der Waals surface area contributed by atoms with Crippen LogP contribution >= 0.6 is 23.1 Å². The predicted molar refractivity (Wildman–Crippen MR) is 124 cm³/mol. The van der Waals surface area contributed by atoms with E-state index in [-0.39, 0.29) is 22.9 Å². The van der Waals surface area contributed by atoms with Crippen molar-refractivity contribution in [1.29, 1.82) is 0 Å². The molecule has 0 saturated carbocycles. The fourth-order valence-electron chi connectivity index (χ4n) is 2.94. The first-order valence-corrected chi connectivity index (χ1v) is 11.4. The number of Topliss-reactive ketones (excluding diaryl/α,β-unsaturated/α-hetero) is 1. The second-order valence-corrected chi connectivity index (χ2v) is 10.4. The third kappa shape index (κ3) is 5.55. The summed E-state index contributed by atoms with van der Waals surface area (Å²) in [6.07, 6.45) is 0. The number of carbonyl (C=O) groups excluding carboxylic acids is 2. The molecule has 0 atom stereocenters. The molecule has 0 aliphatic heterocycles. The molecule has 1 N–H and O–H groups in total. The SMILES string of the molecule is Cc1ccc(C(=O)CSc2nnc(NC(=O)c3ccc(C(C)(C)C)cc3)s2)c(C)c1. The number of thioether (sulfide) groups is 1. The molecule has 0 saturated heterocycles. The van der Waals surface area contributed by atoms with Gasteiger partial charge in [-0.1, -0.05) is 79.8 Å². The predicted octanol–water partition coefficient (Wildman–Crippen LogP) is 5.68. The van der Waals surface area contributed by atoms with Crippen LogP contribution in [0.1, 0.15) is 58.2 Å². The van der Waals surface area contributed by atoms with Gasteiger partial charge in [-0.25, -0.2) is 0 Å². The molecule has 0 spiro atoms. The fraction of sp³-hybridized carbons (Fsp3) is 0.304. The van der Waals surface area contributed by atoms with E-state index in [1.165, 1.54) is 28.7 Å². The van der Waals surface area contributed by atoms with E-state index in [9.17, 15) is 9.59 Å². The van der Waals surface area contributed by atoms with Crippen molar-refractivity contribution < 1.29 is 9.59 Å². The Morgan fingerprint density at radius 1 is 1.03 bits per heavy atom. The average molecular weight is 440 g/mol. The van der Waals surface area contributed by atoms with Crippen molar-refractivity contribution in [1.82, 2.24) is 10.2 Å². The molecular weight excluding hydrogens is 414 g/mol. The molecule has 1 aromatic heterocycles. The van der Waals surface area contributed by atoms with E-state index in [0.717, 1.165) is 16.7 Å². The first kappa shape index (κ1) is 22.2. The molecule has 0 radical (unpaired) electrons. The maximum atomic E-state index is 12.5. The topological polar surface area (TPSA) is 72.0 Å². The van der Waals surface area contributed by atoms with Gasteiger partial charge in [-0.3, -0.25) is 14.9 Å². The second-order valence-electron chi connectivity index (χ2n) is 8.18. The Balaban J connectivity index is 1.58. The molecule has 5 nitrogen and oxygen atoms in total. The van der Waals surface area contributed by atoms with E-state index < -0.39 is 0 Å². The molecule has 156 valence electrons. The van der Waals surface area contributed by atoms with E-state index in [2.05, 4.69) is 36.3 Å². The zero-order valence-corrected chi connectivity index (χ0v) is 19.4. The van der Waals surface area contributed by atoms with Crippen LogP contribution in [-0.2, 0) is 5.41 Å². The van der Waals surface area contributed by atoms with Gasteiger partial charge in [0.25, 0.3) is 5.91 Å². The Bertz CT molecular complexity index is 1070. The van der Waals surface area contributed by atoms with E-state index >= 15 is 0 Å². The zero-order valence-electron chi connectivity index (χ0n) is 17.8. The van der Waals surface area contributed by atoms with Crippen molar-refractivity contribution in [2.45, 2.75) is 44.4 Å². The van der Waals surface area contributed by atoms with Crippen LogP contribution in [0.2, 0.25) is 0 Å². The molecule has 30 heavy (non-hydrogen) atoms. The zero-order chi connectivity index (χ0) is 21.9. The van der Waals surface area contributed by atoms with Crippen LogP contribution in [0.15, 0.2) is 46.8 Å². The number of ketones is 1. The Labute approximate surface area is 185 Å². The molecule has 0 unspecified atom stereocenters. The third-order valence-corrected chi connectivity index (χ3v) is 6.62. The number of aryl methyl sites for hydroxylation is 2.